The van der Waals surface area contributed by atoms with Gasteiger partial charge in [-0.1, -0.05) is 0 Å². The number of anilines is 1. The maximum atomic E-state index is 12.5. The van der Waals surface area contributed by atoms with E-state index in [9.17, 15) is 18.0 Å². The predicted octanol–water partition coefficient (Wildman–Crippen LogP) is 1.20. The zero-order valence-corrected chi connectivity index (χ0v) is 9.80. The van der Waals surface area contributed by atoms with Crippen LogP contribution in [0, 0.1) is 0 Å². The molecular weight excluding hydrogens is 249 g/mol. The number of benzene rings is 1. The summed E-state index contributed by atoms with van der Waals surface area (Å²) in [6, 6.07) is 2.70. The van der Waals surface area contributed by atoms with Crippen molar-refractivity contribution in [1.29, 1.82) is 0 Å². The summed E-state index contributed by atoms with van der Waals surface area (Å²) in [5.41, 5.74) is 3.55. The van der Waals surface area contributed by atoms with Gasteiger partial charge in [-0.2, -0.15) is 13.2 Å². The maximum absolute atomic E-state index is 12.5. The van der Waals surface area contributed by atoms with Crippen molar-refractivity contribution in [2.75, 3.05) is 19.5 Å². The number of amides is 1. The number of nitrogens with one attached hydrogen (secondary N) is 2. The van der Waals surface area contributed by atoms with E-state index >= 15 is 0 Å². The molecule has 5 nitrogen and oxygen atoms in total. The van der Waals surface area contributed by atoms with Crippen LogP contribution in [0.4, 0.5) is 18.9 Å². The first-order chi connectivity index (χ1) is 8.25. The lowest BCUT2D eigenvalue weighted by Crippen LogP contribution is -2.36. The molecule has 0 atom stereocenters. The molecule has 0 unspecified atom stereocenters. The van der Waals surface area contributed by atoms with Gasteiger partial charge in [0.1, 0.15) is 0 Å². The minimum atomic E-state index is -4.51. The summed E-state index contributed by atoms with van der Waals surface area (Å²) in [7, 11) is 3.09. The third-order valence-corrected chi connectivity index (χ3v) is 2.07. The number of hydrazine groups is 2. The highest BCUT2D eigenvalue weighted by atomic mass is 19.4. The summed E-state index contributed by atoms with van der Waals surface area (Å²) >= 11 is 0. The topological polar surface area (TPSA) is 70.4 Å². The average Bonchev–Trinajstić information content (AvgIpc) is 2.26. The molecule has 0 spiro atoms. The molecule has 0 aliphatic carbocycles. The summed E-state index contributed by atoms with van der Waals surface area (Å²) in [6.07, 6.45) is -4.51. The van der Waals surface area contributed by atoms with E-state index in [-0.39, 0.29) is 11.3 Å². The Morgan fingerprint density at radius 3 is 2.39 bits per heavy atom. The van der Waals surface area contributed by atoms with Gasteiger partial charge in [-0.25, -0.2) is 5.01 Å². The van der Waals surface area contributed by atoms with E-state index in [4.69, 9.17) is 5.84 Å². The molecule has 1 aromatic rings. The van der Waals surface area contributed by atoms with E-state index in [1.807, 2.05) is 0 Å². The first kappa shape index (κ1) is 14.3. The van der Waals surface area contributed by atoms with E-state index in [0.717, 1.165) is 18.2 Å². The molecule has 0 fully saturated rings. The molecule has 0 heterocycles. The van der Waals surface area contributed by atoms with Crippen LogP contribution in [0.1, 0.15) is 15.9 Å². The lowest BCUT2D eigenvalue weighted by molar-refractivity contribution is -0.137. The molecule has 18 heavy (non-hydrogen) atoms. The minimum absolute atomic E-state index is 0.113. The first-order valence-electron chi connectivity index (χ1n) is 4.92. The molecule has 100 valence electrons. The first-order valence-corrected chi connectivity index (χ1v) is 4.92. The quantitative estimate of drug-likeness (QED) is 0.565. The van der Waals surface area contributed by atoms with E-state index < -0.39 is 17.6 Å². The Balaban J connectivity index is 3.18. The van der Waals surface area contributed by atoms with Gasteiger partial charge >= 0.3 is 6.18 Å². The summed E-state index contributed by atoms with van der Waals surface area (Å²) in [5.74, 6) is 4.47. The van der Waals surface area contributed by atoms with Crippen LogP contribution in [0.25, 0.3) is 0 Å². The number of hydrogen-bond donors (Lipinski definition) is 3. The normalized spacial score (nSPS) is 11.5. The summed E-state index contributed by atoms with van der Waals surface area (Å²) in [5, 5.41) is 1.32. The lowest BCUT2D eigenvalue weighted by atomic mass is 10.1. The van der Waals surface area contributed by atoms with Crippen LogP contribution in [0.15, 0.2) is 18.2 Å². The Bertz CT molecular complexity index is 445. The molecule has 1 amide bonds. The standard InChI is InChI=1S/C10H13F3N4O/c1-17(2)16-9(18)7-5-6(10(11,12)13)3-4-8(7)15-14/h3-5,15H,14H2,1-2H3,(H,16,18). The van der Waals surface area contributed by atoms with E-state index in [1.54, 1.807) is 14.1 Å². The van der Waals surface area contributed by atoms with Crippen molar-refractivity contribution >= 4 is 11.6 Å². The van der Waals surface area contributed by atoms with E-state index in [0.29, 0.717) is 0 Å². The average molecular weight is 262 g/mol. The van der Waals surface area contributed by atoms with Crippen molar-refractivity contribution in [3.63, 3.8) is 0 Å². The van der Waals surface area contributed by atoms with Crippen LogP contribution < -0.4 is 16.7 Å². The minimum Gasteiger partial charge on any atom is -0.323 e. The van der Waals surface area contributed by atoms with Gasteiger partial charge in [0.2, 0.25) is 0 Å². The Morgan fingerprint density at radius 1 is 1.33 bits per heavy atom. The number of halogens is 3. The van der Waals surface area contributed by atoms with Gasteiger partial charge in [-0.15, -0.1) is 0 Å². The molecule has 4 N–H and O–H groups in total. The zero-order chi connectivity index (χ0) is 13.9. The van der Waals surface area contributed by atoms with Crippen molar-refractivity contribution in [1.82, 2.24) is 10.4 Å². The molecule has 8 heteroatoms. The molecule has 0 radical (unpaired) electrons. The van der Waals surface area contributed by atoms with Gasteiger partial charge in [-0.3, -0.25) is 16.1 Å². The van der Waals surface area contributed by atoms with E-state index in [1.165, 1.54) is 5.01 Å². The Labute approximate surface area is 102 Å². The zero-order valence-electron chi connectivity index (χ0n) is 9.80. The molecular formula is C10H13F3N4O. The van der Waals surface area contributed by atoms with Gasteiger partial charge in [-0.05, 0) is 18.2 Å². The molecule has 0 aliphatic rings. The number of carbonyl (C=O) groups is 1. The van der Waals surface area contributed by atoms with Gasteiger partial charge in [0.25, 0.3) is 5.91 Å². The largest absolute Gasteiger partial charge is 0.416 e. The Kier molecular flexibility index (Phi) is 4.15. The second-order valence-electron chi connectivity index (χ2n) is 3.74. The molecule has 0 aromatic heterocycles. The molecule has 1 aromatic carbocycles. The van der Waals surface area contributed by atoms with Crippen LogP contribution >= 0.6 is 0 Å². The smallest absolute Gasteiger partial charge is 0.323 e. The predicted molar refractivity (Wildman–Crippen MR) is 60.4 cm³/mol. The van der Waals surface area contributed by atoms with Crippen LogP contribution in [0.2, 0.25) is 0 Å². The fourth-order valence-corrected chi connectivity index (χ4v) is 1.30. The van der Waals surface area contributed by atoms with Crippen molar-refractivity contribution in [2.45, 2.75) is 6.18 Å². The number of alkyl halides is 3. The monoisotopic (exact) mass is 262 g/mol. The molecule has 0 saturated heterocycles. The van der Waals surface area contributed by atoms with Gasteiger partial charge in [0, 0.05) is 14.1 Å². The number of nitrogens with zero attached hydrogens (tertiary/aromatic N) is 1. The fraction of sp³-hybridized carbons (Fsp3) is 0.300. The Morgan fingerprint density at radius 2 is 1.94 bits per heavy atom. The van der Waals surface area contributed by atoms with Gasteiger partial charge in [0.05, 0.1) is 16.8 Å². The van der Waals surface area contributed by atoms with Crippen molar-refractivity contribution in [2.24, 2.45) is 5.84 Å². The van der Waals surface area contributed by atoms with Gasteiger partial charge < -0.3 is 5.43 Å². The SMILES string of the molecule is CN(C)NC(=O)c1cc(C(F)(F)F)ccc1NN. The number of rotatable bonds is 3. The van der Waals surface area contributed by atoms with Crippen LogP contribution in [0.3, 0.4) is 0 Å². The molecule has 0 bridgehead atoms. The van der Waals surface area contributed by atoms with Crippen LogP contribution in [0.5, 0.6) is 0 Å². The number of nitrogen functional groups attached to an aromatic ring is 1. The summed E-state index contributed by atoms with van der Waals surface area (Å²) < 4.78 is 37.6. The lowest BCUT2D eigenvalue weighted by Gasteiger charge is -2.16. The molecule has 0 saturated carbocycles. The molecule has 0 aliphatic heterocycles. The van der Waals surface area contributed by atoms with E-state index in [2.05, 4.69) is 10.9 Å². The van der Waals surface area contributed by atoms with Crippen LogP contribution in [-0.4, -0.2) is 25.0 Å². The highest BCUT2D eigenvalue weighted by Crippen LogP contribution is 2.31. The Hall–Kier alpha value is -1.80. The maximum Gasteiger partial charge on any atom is 0.416 e. The second-order valence-corrected chi connectivity index (χ2v) is 3.74. The van der Waals surface area contributed by atoms with Crippen LogP contribution in [-0.2, 0) is 6.18 Å². The summed E-state index contributed by atoms with van der Waals surface area (Å²) in [6.45, 7) is 0. The van der Waals surface area contributed by atoms with Crippen molar-refractivity contribution in [3.05, 3.63) is 29.3 Å². The highest BCUT2D eigenvalue weighted by molar-refractivity contribution is 5.99. The van der Waals surface area contributed by atoms with Crippen molar-refractivity contribution < 1.29 is 18.0 Å². The number of nitrogens with two attached hydrogens (primary N) is 1. The summed E-state index contributed by atoms with van der Waals surface area (Å²) in [4.78, 5) is 11.7. The molecule has 1 rings (SSSR count). The van der Waals surface area contributed by atoms with Gasteiger partial charge in [0.15, 0.2) is 0 Å². The fourth-order valence-electron chi connectivity index (χ4n) is 1.30. The third-order valence-electron chi connectivity index (χ3n) is 2.07. The number of hydrogen-bond acceptors (Lipinski definition) is 4. The second kappa shape index (κ2) is 5.23. The number of carbonyl (C=O) groups excluding carboxylic acids is 1. The highest BCUT2D eigenvalue weighted by Gasteiger charge is 2.31. The van der Waals surface area contributed by atoms with Crippen molar-refractivity contribution in [3.8, 4) is 0 Å². The third kappa shape index (κ3) is 3.34.